The van der Waals surface area contributed by atoms with Crippen molar-refractivity contribution in [1.29, 1.82) is 0 Å². The van der Waals surface area contributed by atoms with Crippen LogP contribution in [0.3, 0.4) is 0 Å². The third kappa shape index (κ3) is 2.66. The monoisotopic (exact) mass is 319 g/mol. The van der Waals surface area contributed by atoms with E-state index >= 15 is 0 Å². The van der Waals surface area contributed by atoms with E-state index in [4.69, 9.17) is 0 Å². The van der Waals surface area contributed by atoms with Crippen molar-refractivity contribution in [3.63, 3.8) is 0 Å². The quantitative estimate of drug-likeness (QED) is 0.595. The molecule has 4 nitrogen and oxygen atoms in total. The van der Waals surface area contributed by atoms with Gasteiger partial charge < -0.3 is 5.32 Å². The summed E-state index contributed by atoms with van der Waals surface area (Å²) in [5, 5.41) is 4.93. The number of aromatic nitrogens is 2. The highest BCUT2D eigenvalue weighted by atomic mass is 32.1. The molecule has 112 valence electrons. The zero-order valence-corrected chi connectivity index (χ0v) is 13.2. The minimum Gasteiger partial charge on any atom is -0.320 e. The van der Waals surface area contributed by atoms with E-state index < -0.39 is 0 Å². The number of anilines is 1. The Bertz CT molecular complexity index is 1020. The van der Waals surface area contributed by atoms with Gasteiger partial charge in [0.25, 0.3) is 5.91 Å². The molecule has 0 unspecified atom stereocenters. The van der Waals surface area contributed by atoms with Gasteiger partial charge in [-0.05, 0) is 43.3 Å². The summed E-state index contributed by atoms with van der Waals surface area (Å²) in [5.74, 6) is -0.138. The molecule has 0 atom stereocenters. The Labute approximate surface area is 136 Å². The van der Waals surface area contributed by atoms with Crippen molar-refractivity contribution in [3.05, 3.63) is 65.3 Å². The number of rotatable bonds is 2. The van der Waals surface area contributed by atoms with Crippen molar-refractivity contribution in [2.75, 3.05) is 5.32 Å². The molecule has 5 heteroatoms. The van der Waals surface area contributed by atoms with Gasteiger partial charge in [-0.15, -0.1) is 11.3 Å². The number of benzene rings is 1. The molecule has 0 saturated heterocycles. The molecule has 4 aromatic rings. The Morgan fingerprint density at radius 3 is 2.87 bits per heavy atom. The normalized spacial score (nSPS) is 11.0. The highest BCUT2D eigenvalue weighted by molar-refractivity contribution is 7.20. The first-order valence-electron chi connectivity index (χ1n) is 7.21. The van der Waals surface area contributed by atoms with Crippen molar-refractivity contribution < 1.29 is 4.79 Å². The number of aryl methyl sites for hydroxylation is 1. The lowest BCUT2D eigenvalue weighted by Crippen LogP contribution is -2.09. The van der Waals surface area contributed by atoms with Crippen molar-refractivity contribution in [1.82, 2.24) is 9.97 Å². The van der Waals surface area contributed by atoms with Crippen LogP contribution in [0.25, 0.3) is 21.1 Å². The highest BCUT2D eigenvalue weighted by Gasteiger charge is 2.12. The average molecular weight is 319 g/mol. The first kappa shape index (κ1) is 13.8. The maximum absolute atomic E-state index is 12.4. The average Bonchev–Trinajstić information content (AvgIpc) is 2.96. The summed E-state index contributed by atoms with van der Waals surface area (Å²) >= 11 is 1.40. The van der Waals surface area contributed by atoms with Crippen LogP contribution < -0.4 is 5.32 Å². The molecule has 0 bridgehead atoms. The number of carbonyl (C=O) groups is 1. The number of amides is 1. The second-order valence-electron chi connectivity index (χ2n) is 5.39. The van der Waals surface area contributed by atoms with Gasteiger partial charge in [0.05, 0.1) is 22.3 Å². The molecule has 0 spiro atoms. The van der Waals surface area contributed by atoms with E-state index in [0.29, 0.717) is 10.6 Å². The second kappa shape index (κ2) is 5.44. The minimum atomic E-state index is -0.138. The minimum absolute atomic E-state index is 0.138. The largest absolute Gasteiger partial charge is 0.320 e. The molecule has 1 N–H and O–H groups in total. The molecule has 3 heterocycles. The summed E-state index contributed by atoms with van der Waals surface area (Å²) in [4.78, 5) is 22.5. The van der Waals surface area contributed by atoms with Crippen molar-refractivity contribution in [2.45, 2.75) is 6.92 Å². The second-order valence-corrected chi connectivity index (χ2v) is 6.42. The van der Waals surface area contributed by atoms with Crippen LogP contribution in [0.1, 0.15) is 15.2 Å². The van der Waals surface area contributed by atoms with Crippen LogP contribution in [-0.4, -0.2) is 15.9 Å². The lowest BCUT2D eigenvalue weighted by molar-refractivity contribution is 0.103. The third-order valence-corrected chi connectivity index (χ3v) is 4.64. The van der Waals surface area contributed by atoms with E-state index in [1.165, 1.54) is 16.9 Å². The fraction of sp³-hybridized carbons (Fsp3) is 0.0556. The fourth-order valence-electron chi connectivity index (χ4n) is 2.50. The molecule has 0 aliphatic carbocycles. The molecule has 23 heavy (non-hydrogen) atoms. The zero-order valence-electron chi connectivity index (χ0n) is 12.4. The Balaban J connectivity index is 1.73. The maximum Gasteiger partial charge on any atom is 0.265 e. The lowest BCUT2D eigenvalue weighted by atomic mass is 10.1. The van der Waals surface area contributed by atoms with Crippen LogP contribution in [0.4, 0.5) is 5.69 Å². The predicted molar refractivity (Wildman–Crippen MR) is 94.1 cm³/mol. The topological polar surface area (TPSA) is 54.9 Å². The van der Waals surface area contributed by atoms with E-state index in [2.05, 4.69) is 34.3 Å². The van der Waals surface area contributed by atoms with E-state index in [-0.39, 0.29) is 5.91 Å². The zero-order chi connectivity index (χ0) is 15.8. The number of thiophene rings is 1. The van der Waals surface area contributed by atoms with Crippen LogP contribution in [0.2, 0.25) is 0 Å². The summed E-state index contributed by atoms with van der Waals surface area (Å²) < 4.78 is 0. The van der Waals surface area contributed by atoms with Gasteiger partial charge in [-0.1, -0.05) is 11.6 Å². The molecular formula is C18H13N3OS. The van der Waals surface area contributed by atoms with Crippen molar-refractivity contribution >= 4 is 44.1 Å². The third-order valence-electron chi connectivity index (χ3n) is 3.60. The standard InChI is InChI=1S/C18H13N3OS/c1-11-4-5-15-12(7-11)8-13-9-16(23-18(13)21-15)17(22)20-14-3-2-6-19-10-14/h2-10H,1H3,(H,20,22). The molecule has 0 radical (unpaired) electrons. The van der Waals surface area contributed by atoms with Gasteiger partial charge in [-0.25, -0.2) is 4.98 Å². The van der Waals surface area contributed by atoms with E-state index in [0.717, 1.165) is 21.1 Å². The van der Waals surface area contributed by atoms with Crippen LogP contribution in [0.15, 0.2) is 54.9 Å². The number of hydrogen-bond donors (Lipinski definition) is 1. The predicted octanol–water partition coefficient (Wildman–Crippen LogP) is 4.41. The summed E-state index contributed by atoms with van der Waals surface area (Å²) in [6.07, 6.45) is 3.30. The van der Waals surface area contributed by atoms with Gasteiger partial charge in [0.2, 0.25) is 0 Å². The van der Waals surface area contributed by atoms with E-state index in [1.807, 2.05) is 24.3 Å². The number of nitrogens with zero attached hydrogens (tertiary/aromatic N) is 2. The number of pyridine rings is 2. The number of carbonyl (C=O) groups excluding carboxylic acids is 1. The molecule has 0 aliphatic heterocycles. The first-order chi connectivity index (χ1) is 11.2. The van der Waals surface area contributed by atoms with E-state index in [1.54, 1.807) is 18.5 Å². The molecule has 0 aliphatic rings. The van der Waals surface area contributed by atoms with Gasteiger partial charge in [0.15, 0.2) is 0 Å². The summed E-state index contributed by atoms with van der Waals surface area (Å²) in [7, 11) is 0. The number of fused-ring (bicyclic) bond motifs is 2. The van der Waals surface area contributed by atoms with Gasteiger partial charge >= 0.3 is 0 Å². The van der Waals surface area contributed by atoms with Gasteiger partial charge in [-0.3, -0.25) is 9.78 Å². The van der Waals surface area contributed by atoms with Gasteiger partial charge in [-0.2, -0.15) is 0 Å². The molecule has 0 fully saturated rings. The summed E-state index contributed by atoms with van der Waals surface area (Å²) in [6, 6.07) is 13.7. The van der Waals surface area contributed by atoms with Crippen LogP contribution in [0, 0.1) is 6.92 Å². The summed E-state index contributed by atoms with van der Waals surface area (Å²) in [6.45, 7) is 2.06. The fourth-order valence-corrected chi connectivity index (χ4v) is 3.41. The SMILES string of the molecule is Cc1ccc2nc3sc(C(=O)Nc4cccnc4)cc3cc2c1. The maximum atomic E-state index is 12.4. The van der Waals surface area contributed by atoms with Crippen LogP contribution in [-0.2, 0) is 0 Å². The Morgan fingerprint density at radius 1 is 1.13 bits per heavy atom. The Hall–Kier alpha value is -2.79. The molecule has 1 aromatic carbocycles. The van der Waals surface area contributed by atoms with Crippen LogP contribution >= 0.6 is 11.3 Å². The Kier molecular flexibility index (Phi) is 3.28. The lowest BCUT2D eigenvalue weighted by Gasteiger charge is -2.01. The van der Waals surface area contributed by atoms with Crippen molar-refractivity contribution in [2.24, 2.45) is 0 Å². The van der Waals surface area contributed by atoms with Crippen LogP contribution in [0.5, 0.6) is 0 Å². The highest BCUT2D eigenvalue weighted by Crippen LogP contribution is 2.28. The summed E-state index contributed by atoms with van der Waals surface area (Å²) in [5.41, 5.74) is 2.83. The van der Waals surface area contributed by atoms with Gasteiger partial charge in [0.1, 0.15) is 4.83 Å². The molecule has 1 amide bonds. The number of hydrogen-bond acceptors (Lipinski definition) is 4. The van der Waals surface area contributed by atoms with E-state index in [9.17, 15) is 4.79 Å². The molecule has 4 rings (SSSR count). The first-order valence-corrected chi connectivity index (χ1v) is 8.03. The van der Waals surface area contributed by atoms with Crippen molar-refractivity contribution in [3.8, 4) is 0 Å². The smallest absolute Gasteiger partial charge is 0.265 e. The number of nitrogens with one attached hydrogen (secondary N) is 1. The molecule has 3 aromatic heterocycles. The van der Waals surface area contributed by atoms with Gasteiger partial charge in [0, 0.05) is 17.0 Å². The molecule has 0 saturated carbocycles. The Morgan fingerprint density at radius 2 is 2.04 bits per heavy atom. The molecular weight excluding hydrogens is 306 g/mol.